The highest BCUT2D eigenvalue weighted by molar-refractivity contribution is 7.83. The summed E-state index contributed by atoms with van der Waals surface area (Å²) in [5.41, 5.74) is 1.49. The molecule has 0 fully saturated rings. The lowest BCUT2D eigenvalue weighted by Crippen LogP contribution is -2.27. The molecule has 2 aromatic heterocycles. The van der Waals surface area contributed by atoms with Crippen molar-refractivity contribution in [3.05, 3.63) is 48.3 Å². The van der Waals surface area contributed by atoms with Gasteiger partial charge >= 0.3 is 6.09 Å². The van der Waals surface area contributed by atoms with Gasteiger partial charge in [0.2, 0.25) is 0 Å². The molecule has 1 N–H and O–H groups in total. The zero-order chi connectivity index (χ0) is 18.9. The van der Waals surface area contributed by atoms with E-state index in [-0.39, 0.29) is 5.82 Å². The quantitative estimate of drug-likeness (QED) is 0.758. The van der Waals surface area contributed by atoms with E-state index in [0.717, 1.165) is 5.56 Å². The van der Waals surface area contributed by atoms with Crippen molar-refractivity contribution >= 4 is 34.1 Å². The van der Waals surface area contributed by atoms with Crippen LogP contribution in [0.15, 0.2) is 47.6 Å². The van der Waals surface area contributed by atoms with Crippen molar-refractivity contribution in [2.24, 2.45) is 0 Å². The van der Waals surface area contributed by atoms with Gasteiger partial charge in [0, 0.05) is 6.20 Å². The summed E-state index contributed by atoms with van der Waals surface area (Å²) in [5.74, 6) is 0.269. The SMILES string of the molecule is Cc1ccc(S(=O)n2ccc3nc(NC(=O)OC(C)(C)C)cnc32)cc1. The first kappa shape index (κ1) is 18.1. The number of nitrogens with zero attached hydrogens (tertiary/aromatic N) is 3. The number of aryl methyl sites for hydroxylation is 1. The van der Waals surface area contributed by atoms with E-state index in [1.165, 1.54) is 6.20 Å². The standard InChI is InChI=1S/C18H20N4O3S/c1-12-5-7-13(8-6-12)26(24)22-10-9-14-16(22)19-11-15(20-14)21-17(23)25-18(2,3)4/h5-11H,1-4H3,(H,20,21,23). The van der Waals surface area contributed by atoms with Gasteiger partial charge in [-0.25, -0.2) is 22.9 Å². The third-order valence-electron chi connectivity index (χ3n) is 3.39. The molecule has 0 aliphatic rings. The first-order chi connectivity index (χ1) is 12.2. The van der Waals surface area contributed by atoms with E-state index in [4.69, 9.17) is 4.74 Å². The van der Waals surface area contributed by atoms with Gasteiger partial charge in [-0.3, -0.25) is 5.32 Å². The monoisotopic (exact) mass is 372 g/mol. The first-order valence-electron chi connectivity index (χ1n) is 8.06. The molecular formula is C18H20N4O3S. The van der Waals surface area contributed by atoms with Crippen LogP contribution in [0.1, 0.15) is 26.3 Å². The van der Waals surface area contributed by atoms with Gasteiger partial charge in [-0.05, 0) is 45.9 Å². The Balaban J connectivity index is 1.84. The summed E-state index contributed by atoms with van der Waals surface area (Å²) in [6.45, 7) is 7.31. The fourth-order valence-corrected chi connectivity index (χ4v) is 3.32. The molecule has 1 amide bonds. The molecule has 7 nitrogen and oxygen atoms in total. The van der Waals surface area contributed by atoms with Gasteiger partial charge in [0.05, 0.1) is 11.1 Å². The predicted octanol–water partition coefficient (Wildman–Crippen LogP) is 3.66. The average Bonchev–Trinajstić information content (AvgIpc) is 2.96. The Morgan fingerprint density at radius 1 is 1.19 bits per heavy atom. The van der Waals surface area contributed by atoms with E-state index >= 15 is 0 Å². The van der Waals surface area contributed by atoms with Crippen LogP contribution in [-0.4, -0.2) is 29.8 Å². The third kappa shape index (κ3) is 4.08. The molecule has 0 radical (unpaired) electrons. The van der Waals surface area contributed by atoms with E-state index in [1.54, 1.807) is 37.0 Å². The number of hydrogen-bond donors (Lipinski definition) is 1. The summed E-state index contributed by atoms with van der Waals surface area (Å²) in [6.07, 6.45) is 2.47. The number of carbonyl (C=O) groups excluding carboxylic acids is 1. The van der Waals surface area contributed by atoms with Crippen molar-refractivity contribution in [1.29, 1.82) is 0 Å². The van der Waals surface area contributed by atoms with Crippen LogP contribution in [0.25, 0.3) is 11.2 Å². The summed E-state index contributed by atoms with van der Waals surface area (Å²) in [5, 5.41) is 2.55. The van der Waals surface area contributed by atoms with Crippen molar-refractivity contribution in [2.45, 2.75) is 38.2 Å². The van der Waals surface area contributed by atoms with Crippen LogP contribution in [0.3, 0.4) is 0 Å². The Hall–Kier alpha value is -2.74. The molecule has 8 heteroatoms. The summed E-state index contributed by atoms with van der Waals surface area (Å²) in [7, 11) is -1.43. The predicted molar refractivity (Wildman–Crippen MR) is 100 cm³/mol. The lowest BCUT2D eigenvalue weighted by Gasteiger charge is -2.19. The van der Waals surface area contributed by atoms with E-state index in [1.807, 2.05) is 31.2 Å². The van der Waals surface area contributed by atoms with Gasteiger partial charge in [-0.1, -0.05) is 17.7 Å². The molecule has 0 spiro atoms. The molecule has 0 saturated heterocycles. The number of aromatic nitrogens is 3. The Kier molecular flexibility index (Phi) is 4.78. The van der Waals surface area contributed by atoms with Crippen molar-refractivity contribution in [3.8, 4) is 0 Å². The molecule has 136 valence electrons. The maximum Gasteiger partial charge on any atom is 0.413 e. The van der Waals surface area contributed by atoms with Crippen LogP contribution in [0.5, 0.6) is 0 Å². The van der Waals surface area contributed by atoms with Crippen molar-refractivity contribution < 1.29 is 13.7 Å². The molecular weight excluding hydrogens is 352 g/mol. The van der Waals surface area contributed by atoms with Gasteiger partial charge in [0.15, 0.2) is 22.5 Å². The number of ether oxygens (including phenoxy) is 1. The fourth-order valence-electron chi connectivity index (χ4n) is 2.26. The van der Waals surface area contributed by atoms with Crippen LogP contribution < -0.4 is 5.32 Å². The second kappa shape index (κ2) is 6.87. The number of carbonyl (C=O) groups is 1. The molecule has 0 aliphatic heterocycles. The van der Waals surface area contributed by atoms with E-state index in [0.29, 0.717) is 16.1 Å². The van der Waals surface area contributed by atoms with Crippen LogP contribution in [0.2, 0.25) is 0 Å². The fraction of sp³-hybridized carbons (Fsp3) is 0.278. The molecule has 3 rings (SSSR count). The number of amides is 1. The third-order valence-corrected chi connectivity index (χ3v) is 4.71. The van der Waals surface area contributed by atoms with Gasteiger partial charge in [0.25, 0.3) is 0 Å². The Bertz CT molecular complexity index is 974. The average molecular weight is 372 g/mol. The van der Waals surface area contributed by atoms with Gasteiger partial charge in [-0.15, -0.1) is 0 Å². The molecule has 3 aromatic rings. The molecule has 2 heterocycles. The van der Waals surface area contributed by atoms with E-state index in [2.05, 4.69) is 15.3 Å². The maximum absolute atomic E-state index is 12.8. The lowest BCUT2D eigenvalue weighted by atomic mass is 10.2. The number of benzene rings is 1. The zero-order valence-electron chi connectivity index (χ0n) is 15.0. The summed E-state index contributed by atoms with van der Waals surface area (Å²) >= 11 is 0. The van der Waals surface area contributed by atoms with Crippen molar-refractivity contribution in [2.75, 3.05) is 5.32 Å². The highest BCUT2D eigenvalue weighted by Crippen LogP contribution is 2.19. The summed E-state index contributed by atoms with van der Waals surface area (Å²) < 4.78 is 19.5. The van der Waals surface area contributed by atoms with Crippen molar-refractivity contribution in [1.82, 2.24) is 13.9 Å². The van der Waals surface area contributed by atoms with Gasteiger partial charge in [0.1, 0.15) is 11.1 Å². The molecule has 0 saturated carbocycles. The summed E-state index contributed by atoms with van der Waals surface area (Å²) in [4.78, 5) is 21.1. The smallest absolute Gasteiger partial charge is 0.413 e. The number of rotatable bonds is 3. The molecule has 1 atom stereocenters. The van der Waals surface area contributed by atoms with Crippen LogP contribution in [0, 0.1) is 6.92 Å². The molecule has 26 heavy (non-hydrogen) atoms. The molecule has 0 bridgehead atoms. The van der Waals surface area contributed by atoms with E-state index < -0.39 is 22.7 Å². The Labute approximate surface area is 154 Å². The topological polar surface area (TPSA) is 86.1 Å². The zero-order valence-corrected chi connectivity index (χ0v) is 15.8. The maximum atomic E-state index is 12.8. The minimum absolute atomic E-state index is 0.269. The number of nitrogens with one attached hydrogen (secondary N) is 1. The first-order valence-corrected chi connectivity index (χ1v) is 9.17. The van der Waals surface area contributed by atoms with Gasteiger partial charge in [-0.2, -0.15) is 0 Å². The minimum atomic E-state index is -1.43. The molecule has 0 aliphatic carbocycles. The van der Waals surface area contributed by atoms with Crippen LogP contribution >= 0.6 is 0 Å². The number of hydrogen-bond acceptors (Lipinski definition) is 5. The second-order valence-corrected chi connectivity index (χ2v) is 8.16. The minimum Gasteiger partial charge on any atom is -0.444 e. The molecule has 1 aromatic carbocycles. The van der Waals surface area contributed by atoms with Crippen LogP contribution in [0.4, 0.5) is 10.6 Å². The lowest BCUT2D eigenvalue weighted by molar-refractivity contribution is 0.0635. The highest BCUT2D eigenvalue weighted by atomic mass is 32.2. The largest absolute Gasteiger partial charge is 0.444 e. The van der Waals surface area contributed by atoms with E-state index in [9.17, 15) is 9.00 Å². The van der Waals surface area contributed by atoms with Crippen molar-refractivity contribution in [3.63, 3.8) is 0 Å². The number of anilines is 1. The number of fused-ring (bicyclic) bond motifs is 1. The molecule has 1 unspecified atom stereocenters. The normalized spacial score (nSPS) is 12.8. The van der Waals surface area contributed by atoms with Gasteiger partial charge < -0.3 is 4.74 Å². The highest BCUT2D eigenvalue weighted by Gasteiger charge is 2.17. The second-order valence-electron chi connectivity index (χ2n) is 6.79. The Morgan fingerprint density at radius 2 is 1.88 bits per heavy atom. The summed E-state index contributed by atoms with van der Waals surface area (Å²) in [6, 6.07) is 9.17. The Morgan fingerprint density at radius 3 is 2.54 bits per heavy atom. The van der Waals surface area contributed by atoms with Crippen LogP contribution in [-0.2, 0) is 15.7 Å².